The SMILES string of the molecule is Cc1ncc(CCC(=O)c2cnc(CNC(=O)c3cccc(F)c3)cn2)s1. The Kier molecular flexibility index (Phi) is 5.97. The fraction of sp³-hybridized carbons (Fsp3) is 0.211. The van der Waals surface area contributed by atoms with E-state index in [-0.39, 0.29) is 23.6 Å². The number of rotatable bonds is 7. The molecule has 3 aromatic rings. The van der Waals surface area contributed by atoms with E-state index >= 15 is 0 Å². The fourth-order valence-electron chi connectivity index (χ4n) is 2.38. The minimum atomic E-state index is -0.473. The summed E-state index contributed by atoms with van der Waals surface area (Å²) in [6.45, 7) is 2.06. The van der Waals surface area contributed by atoms with Gasteiger partial charge in [-0.3, -0.25) is 14.6 Å². The Bertz CT molecular complexity index is 956. The Morgan fingerprint density at radius 2 is 2.00 bits per heavy atom. The van der Waals surface area contributed by atoms with Crippen LogP contribution in [0, 0.1) is 12.7 Å². The van der Waals surface area contributed by atoms with E-state index in [1.165, 1.54) is 30.6 Å². The second-order valence-electron chi connectivity index (χ2n) is 5.85. The molecule has 2 heterocycles. The van der Waals surface area contributed by atoms with Crippen LogP contribution in [0.25, 0.3) is 0 Å². The van der Waals surface area contributed by atoms with Crippen LogP contribution in [-0.4, -0.2) is 26.6 Å². The molecular formula is C19H17FN4O2S. The van der Waals surface area contributed by atoms with E-state index in [0.29, 0.717) is 18.5 Å². The summed E-state index contributed by atoms with van der Waals surface area (Å²) < 4.78 is 13.1. The molecule has 0 bridgehead atoms. The molecule has 0 saturated carbocycles. The minimum Gasteiger partial charge on any atom is -0.346 e. The van der Waals surface area contributed by atoms with Gasteiger partial charge in [-0.05, 0) is 31.5 Å². The molecule has 0 aliphatic heterocycles. The highest BCUT2D eigenvalue weighted by Crippen LogP contribution is 2.14. The van der Waals surface area contributed by atoms with Gasteiger partial charge in [0.25, 0.3) is 5.91 Å². The first-order chi connectivity index (χ1) is 13.0. The molecule has 1 amide bonds. The summed E-state index contributed by atoms with van der Waals surface area (Å²) >= 11 is 1.57. The first-order valence-electron chi connectivity index (χ1n) is 8.30. The van der Waals surface area contributed by atoms with Gasteiger partial charge < -0.3 is 5.32 Å². The van der Waals surface area contributed by atoms with Gasteiger partial charge in [0.05, 0.1) is 29.6 Å². The first-order valence-corrected chi connectivity index (χ1v) is 9.12. The molecule has 138 valence electrons. The van der Waals surface area contributed by atoms with Crippen molar-refractivity contribution in [2.75, 3.05) is 0 Å². The van der Waals surface area contributed by atoms with Crippen LogP contribution in [0.15, 0.2) is 42.9 Å². The molecule has 2 aromatic heterocycles. The van der Waals surface area contributed by atoms with Gasteiger partial charge in [0, 0.05) is 23.1 Å². The molecule has 1 N–H and O–H groups in total. The summed E-state index contributed by atoms with van der Waals surface area (Å²) in [5, 5.41) is 3.62. The van der Waals surface area contributed by atoms with Crippen LogP contribution in [-0.2, 0) is 13.0 Å². The van der Waals surface area contributed by atoms with Crippen LogP contribution in [0.4, 0.5) is 4.39 Å². The summed E-state index contributed by atoms with van der Waals surface area (Å²) in [6.07, 6.45) is 5.60. The molecule has 0 atom stereocenters. The van der Waals surface area contributed by atoms with Gasteiger partial charge in [-0.25, -0.2) is 14.4 Å². The quantitative estimate of drug-likeness (QED) is 0.633. The highest BCUT2D eigenvalue weighted by molar-refractivity contribution is 7.11. The maximum Gasteiger partial charge on any atom is 0.251 e. The fourth-order valence-corrected chi connectivity index (χ4v) is 3.17. The largest absolute Gasteiger partial charge is 0.346 e. The lowest BCUT2D eigenvalue weighted by molar-refractivity contribution is 0.0946. The predicted molar refractivity (Wildman–Crippen MR) is 99.1 cm³/mol. The number of halogens is 1. The highest BCUT2D eigenvalue weighted by atomic mass is 32.1. The molecule has 0 aliphatic rings. The lowest BCUT2D eigenvalue weighted by Gasteiger charge is -2.05. The lowest BCUT2D eigenvalue weighted by atomic mass is 10.1. The van der Waals surface area contributed by atoms with Crippen LogP contribution in [0.3, 0.4) is 0 Å². The predicted octanol–water partition coefficient (Wildman–Crippen LogP) is 3.13. The van der Waals surface area contributed by atoms with Crippen LogP contribution in [0.2, 0.25) is 0 Å². The van der Waals surface area contributed by atoms with E-state index in [2.05, 4.69) is 20.3 Å². The van der Waals surface area contributed by atoms with Gasteiger partial charge in [-0.1, -0.05) is 6.07 Å². The minimum absolute atomic E-state index is 0.0936. The lowest BCUT2D eigenvalue weighted by Crippen LogP contribution is -2.23. The summed E-state index contributed by atoms with van der Waals surface area (Å²) in [4.78, 5) is 37.7. The van der Waals surface area contributed by atoms with Gasteiger partial charge in [0.2, 0.25) is 0 Å². The number of benzene rings is 1. The number of nitrogens with zero attached hydrogens (tertiary/aromatic N) is 3. The summed E-state index contributed by atoms with van der Waals surface area (Å²) in [5.74, 6) is -0.973. The molecule has 0 radical (unpaired) electrons. The number of hydrogen-bond donors (Lipinski definition) is 1. The molecule has 0 unspecified atom stereocenters. The van der Waals surface area contributed by atoms with E-state index < -0.39 is 11.7 Å². The second-order valence-corrected chi connectivity index (χ2v) is 7.17. The third-order valence-corrected chi connectivity index (χ3v) is 4.75. The maximum atomic E-state index is 13.1. The van der Waals surface area contributed by atoms with Crippen molar-refractivity contribution in [2.45, 2.75) is 26.3 Å². The Balaban J connectivity index is 1.52. The number of nitrogens with one attached hydrogen (secondary N) is 1. The number of amides is 1. The molecule has 0 aliphatic carbocycles. The smallest absolute Gasteiger partial charge is 0.251 e. The zero-order chi connectivity index (χ0) is 19.2. The topological polar surface area (TPSA) is 84.8 Å². The Morgan fingerprint density at radius 3 is 2.67 bits per heavy atom. The molecule has 3 rings (SSSR count). The van der Waals surface area contributed by atoms with Crippen molar-refractivity contribution in [3.8, 4) is 0 Å². The van der Waals surface area contributed by atoms with E-state index in [1.807, 2.05) is 6.92 Å². The van der Waals surface area contributed by atoms with Crippen molar-refractivity contribution >= 4 is 23.0 Å². The molecule has 1 aromatic carbocycles. The van der Waals surface area contributed by atoms with Crippen LogP contribution < -0.4 is 5.32 Å². The summed E-state index contributed by atoms with van der Waals surface area (Å²) in [6, 6.07) is 5.43. The average molecular weight is 384 g/mol. The zero-order valence-electron chi connectivity index (χ0n) is 14.6. The van der Waals surface area contributed by atoms with Crippen LogP contribution >= 0.6 is 11.3 Å². The van der Waals surface area contributed by atoms with E-state index in [9.17, 15) is 14.0 Å². The molecule has 0 fully saturated rings. The van der Waals surface area contributed by atoms with E-state index in [0.717, 1.165) is 16.0 Å². The monoisotopic (exact) mass is 384 g/mol. The Morgan fingerprint density at radius 1 is 1.15 bits per heavy atom. The van der Waals surface area contributed by atoms with Crippen molar-refractivity contribution in [3.05, 3.63) is 75.5 Å². The first kappa shape index (κ1) is 18.8. The third-order valence-electron chi connectivity index (χ3n) is 3.78. The number of carbonyl (C=O) groups is 2. The van der Waals surface area contributed by atoms with Gasteiger partial charge in [0.15, 0.2) is 5.78 Å². The molecule has 6 nitrogen and oxygen atoms in total. The van der Waals surface area contributed by atoms with Crippen molar-refractivity contribution in [3.63, 3.8) is 0 Å². The molecule has 27 heavy (non-hydrogen) atoms. The van der Waals surface area contributed by atoms with Gasteiger partial charge in [0.1, 0.15) is 11.5 Å². The Labute approximate surface area is 159 Å². The molecule has 0 spiro atoms. The van der Waals surface area contributed by atoms with Crippen molar-refractivity contribution in [2.24, 2.45) is 0 Å². The maximum absolute atomic E-state index is 13.1. The van der Waals surface area contributed by atoms with Crippen LogP contribution in [0.5, 0.6) is 0 Å². The Hall–Kier alpha value is -3.00. The van der Waals surface area contributed by atoms with E-state index in [1.54, 1.807) is 17.5 Å². The summed E-state index contributed by atoms with van der Waals surface area (Å²) in [7, 11) is 0. The van der Waals surface area contributed by atoms with Crippen molar-refractivity contribution in [1.29, 1.82) is 0 Å². The number of aromatic nitrogens is 3. The molecular weight excluding hydrogens is 367 g/mol. The number of hydrogen-bond acceptors (Lipinski definition) is 6. The molecule has 0 saturated heterocycles. The number of Topliss-reactive ketones (excluding diaryl/α,β-unsaturated/α-hetero) is 1. The molecule has 8 heteroatoms. The van der Waals surface area contributed by atoms with Gasteiger partial charge in [-0.15, -0.1) is 11.3 Å². The summed E-state index contributed by atoms with van der Waals surface area (Å²) in [5.41, 5.74) is 1.03. The average Bonchev–Trinajstić information content (AvgIpc) is 3.10. The van der Waals surface area contributed by atoms with Crippen molar-refractivity contribution in [1.82, 2.24) is 20.3 Å². The van der Waals surface area contributed by atoms with Gasteiger partial charge in [-0.2, -0.15) is 0 Å². The van der Waals surface area contributed by atoms with E-state index in [4.69, 9.17) is 0 Å². The van der Waals surface area contributed by atoms with Crippen molar-refractivity contribution < 1.29 is 14.0 Å². The standard InChI is InChI=1S/C19H17FN4O2S/c1-12-21-10-16(27-12)5-6-18(25)17-11-22-15(8-23-17)9-24-19(26)13-3-2-4-14(20)7-13/h2-4,7-8,10-11H,5-6,9H2,1H3,(H,24,26). The third kappa shape index (κ3) is 5.24. The number of carbonyl (C=O) groups excluding carboxylic acids is 2. The van der Waals surface area contributed by atoms with Crippen LogP contribution in [0.1, 0.15) is 42.8 Å². The zero-order valence-corrected chi connectivity index (χ0v) is 15.4. The van der Waals surface area contributed by atoms with Gasteiger partial charge >= 0.3 is 0 Å². The number of ketones is 1. The normalized spacial score (nSPS) is 10.6. The second kappa shape index (κ2) is 8.59. The number of aryl methyl sites for hydroxylation is 2. The number of thiazole rings is 1. The highest BCUT2D eigenvalue weighted by Gasteiger charge is 2.11.